The van der Waals surface area contributed by atoms with Crippen molar-refractivity contribution in [3.05, 3.63) is 59.4 Å². The fraction of sp³-hybridized carbons (Fsp3) is 0.458. The van der Waals surface area contributed by atoms with Gasteiger partial charge in [0, 0.05) is 50.1 Å². The molecule has 0 spiro atoms. The van der Waals surface area contributed by atoms with E-state index in [0.29, 0.717) is 29.8 Å². The number of hydrogen-bond donors (Lipinski definition) is 0. The molecule has 0 radical (unpaired) electrons. The first-order valence-corrected chi connectivity index (χ1v) is 11.1. The number of halogens is 4. The highest BCUT2D eigenvalue weighted by Crippen LogP contribution is 2.52. The molecule has 2 aromatic rings. The molecule has 0 amide bonds. The van der Waals surface area contributed by atoms with E-state index in [-0.39, 0.29) is 35.8 Å². The number of piperidine rings is 1. The lowest BCUT2D eigenvalue weighted by molar-refractivity contribution is -0.129. The number of hydrogen-bond acceptors (Lipinski definition) is 4. The number of Topliss-reactive ketones (excluding diaryl/α,β-unsaturated/α-hetero) is 1. The maximum Gasteiger partial charge on any atom is 0.485 e. The maximum atomic E-state index is 13.5. The number of benzene rings is 2. The van der Waals surface area contributed by atoms with Crippen LogP contribution < -0.4 is 9.80 Å². The van der Waals surface area contributed by atoms with Crippen molar-refractivity contribution in [1.29, 1.82) is 0 Å². The topological polar surface area (TPSA) is 26.8 Å². The van der Waals surface area contributed by atoms with Gasteiger partial charge in [0.1, 0.15) is 5.82 Å². The van der Waals surface area contributed by atoms with Crippen LogP contribution in [-0.2, 0) is 0 Å². The van der Waals surface area contributed by atoms with Crippen molar-refractivity contribution in [2.75, 3.05) is 42.5 Å². The summed E-state index contributed by atoms with van der Waals surface area (Å²) in [6, 6.07) is 11.1. The summed E-state index contributed by atoms with van der Waals surface area (Å²) in [5.74, 6) is -0.180. The quantitative estimate of drug-likeness (QED) is 0.374. The van der Waals surface area contributed by atoms with Gasteiger partial charge in [0.2, 0.25) is 0 Å². The van der Waals surface area contributed by atoms with Crippen LogP contribution in [0.3, 0.4) is 0 Å². The fourth-order valence-corrected chi connectivity index (χ4v) is 5.55. The summed E-state index contributed by atoms with van der Waals surface area (Å²) < 4.78 is 53.6. The molecule has 170 valence electrons. The standard InChI is InChI=1S/C24H25F4N3O/c25-17-8-6-16(7-9-17)22(32)5-2-11-29-12-10-20-19(15-29)18-3-1-4-21-23(18)30(20)13-14-31(21)24(26,27)28/h1,3-4,6-9,19-20H,2,5,10-15H2. The number of fused-ring (bicyclic) bond motifs is 3. The van der Waals surface area contributed by atoms with E-state index in [4.69, 9.17) is 0 Å². The Morgan fingerprint density at radius 1 is 1.03 bits per heavy atom. The molecule has 0 aromatic heterocycles. The van der Waals surface area contributed by atoms with Crippen molar-refractivity contribution in [3.8, 4) is 0 Å². The minimum atomic E-state index is -4.38. The zero-order valence-corrected chi connectivity index (χ0v) is 17.6. The van der Waals surface area contributed by atoms with E-state index in [1.807, 2.05) is 6.07 Å². The van der Waals surface area contributed by atoms with Crippen LogP contribution in [0.25, 0.3) is 0 Å². The molecule has 3 aliphatic rings. The van der Waals surface area contributed by atoms with E-state index in [1.165, 1.54) is 24.3 Å². The van der Waals surface area contributed by atoms with E-state index in [2.05, 4.69) is 9.80 Å². The van der Waals surface area contributed by atoms with E-state index >= 15 is 0 Å². The van der Waals surface area contributed by atoms with Crippen LogP contribution >= 0.6 is 0 Å². The first kappa shape index (κ1) is 21.2. The third-order valence-corrected chi connectivity index (χ3v) is 7.00. The average molecular weight is 447 g/mol. The normalized spacial score (nSPS) is 22.6. The van der Waals surface area contributed by atoms with Crippen LogP contribution in [0.1, 0.15) is 41.1 Å². The van der Waals surface area contributed by atoms with Gasteiger partial charge in [-0.25, -0.2) is 4.39 Å². The third kappa shape index (κ3) is 3.74. The van der Waals surface area contributed by atoms with Gasteiger partial charge in [-0.05, 0) is 55.3 Å². The van der Waals surface area contributed by atoms with Gasteiger partial charge < -0.3 is 9.80 Å². The average Bonchev–Trinajstić information content (AvgIpc) is 3.09. The second-order valence-electron chi connectivity index (χ2n) is 8.82. The number of anilines is 2. The van der Waals surface area contributed by atoms with Gasteiger partial charge in [-0.1, -0.05) is 12.1 Å². The summed E-state index contributed by atoms with van der Waals surface area (Å²) in [5, 5.41) is 0. The smallest absolute Gasteiger partial charge is 0.364 e. The zero-order valence-electron chi connectivity index (χ0n) is 17.6. The number of nitrogens with zero attached hydrogens (tertiary/aromatic N) is 3. The Labute approximate surface area is 184 Å². The Hall–Kier alpha value is -2.61. The van der Waals surface area contributed by atoms with Gasteiger partial charge in [0.05, 0.1) is 11.4 Å². The number of likely N-dealkylation sites (tertiary alicyclic amines) is 1. The molecular formula is C24H25F4N3O. The molecular weight excluding hydrogens is 422 g/mol. The van der Waals surface area contributed by atoms with Crippen LogP contribution in [0.4, 0.5) is 28.9 Å². The monoisotopic (exact) mass is 447 g/mol. The van der Waals surface area contributed by atoms with Gasteiger partial charge in [-0.15, -0.1) is 0 Å². The summed E-state index contributed by atoms with van der Waals surface area (Å²) >= 11 is 0. The SMILES string of the molecule is O=C(CCCN1CCC2C(C1)c1cccc3c1N2CCN3C(F)(F)F)c1ccc(F)cc1. The minimum Gasteiger partial charge on any atom is -0.364 e. The minimum absolute atomic E-state index is 0.0000450. The van der Waals surface area contributed by atoms with Crippen molar-refractivity contribution in [2.24, 2.45) is 0 Å². The van der Waals surface area contributed by atoms with Crippen molar-refractivity contribution in [1.82, 2.24) is 4.90 Å². The van der Waals surface area contributed by atoms with E-state index in [0.717, 1.165) is 37.3 Å². The number of ketones is 1. The molecule has 0 bridgehead atoms. The van der Waals surface area contributed by atoms with Crippen LogP contribution in [-0.4, -0.2) is 55.7 Å². The molecule has 0 saturated carbocycles. The summed E-state index contributed by atoms with van der Waals surface area (Å²) in [6.07, 6.45) is -2.38. The van der Waals surface area contributed by atoms with E-state index in [9.17, 15) is 22.4 Å². The Balaban J connectivity index is 1.25. The maximum absolute atomic E-state index is 13.5. The van der Waals surface area contributed by atoms with Crippen molar-refractivity contribution < 1.29 is 22.4 Å². The van der Waals surface area contributed by atoms with Crippen LogP contribution in [0.5, 0.6) is 0 Å². The molecule has 0 N–H and O–H groups in total. The highest BCUT2D eigenvalue weighted by molar-refractivity contribution is 5.95. The molecule has 0 aliphatic carbocycles. The summed E-state index contributed by atoms with van der Waals surface area (Å²) in [5.41, 5.74) is 2.55. The lowest BCUT2D eigenvalue weighted by Gasteiger charge is -2.42. The van der Waals surface area contributed by atoms with E-state index in [1.54, 1.807) is 12.1 Å². The molecule has 8 heteroatoms. The van der Waals surface area contributed by atoms with Crippen molar-refractivity contribution >= 4 is 17.2 Å². The summed E-state index contributed by atoms with van der Waals surface area (Å²) in [7, 11) is 0. The largest absolute Gasteiger partial charge is 0.485 e. The number of carbonyl (C=O) groups excluding carboxylic acids is 1. The number of carbonyl (C=O) groups is 1. The lowest BCUT2D eigenvalue weighted by atomic mass is 9.89. The zero-order chi connectivity index (χ0) is 22.5. The van der Waals surface area contributed by atoms with Gasteiger partial charge >= 0.3 is 6.30 Å². The van der Waals surface area contributed by atoms with Crippen LogP contribution in [0, 0.1) is 5.82 Å². The highest BCUT2D eigenvalue weighted by Gasteiger charge is 2.49. The molecule has 2 atom stereocenters. The fourth-order valence-electron chi connectivity index (χ4n) is 5.55. The molecule has 32 heavy (non-hydrogen) atoms. The highest BCUT2D eigenvalue weighted by atomic mass is 19.4. The molecule has 2 unspecified atom stereocenters. The lowest BCUT2D eigenvalue weighted by Crippen LogP contribution is -2.52. The second kappa shape index (κ2) is 8.06. The van der Waals surface area contributed by atoms with Gasteiger partial charge in [0.15, 0.2) is 5.78 Å². The number of para-hydroxylation sites is 1. The predicted octanol–water partition coefficient (Wildman–Crippen LogP) is 4.81. The Bertz CT molecular complexity index is 1010. The molecule has 1 fully saturated rings. The summed E-state index contributed by atoms with van der Waals surface area (Å²) in [4.78, 5) is 17.4. The van der Waals surface area contributed by atoms with Crippen molar-refractivity contribution in [2.45, 2.75) is 37.5 Å². The molecule has 5 rings (SSSR count). The number of rotatable bonds is 5. The van der Waals surface area contributed by atoms with Gasteiger partial charge in [-0.3, -0.25) is 9.69 Å². The first-order valence-electron chi connectivity index (χ1n) is 11.1. The molecule has 2 aromatic carbocycles. The predicted molar refractivity (Wildman–Crippen MR) is 115 cm³/mol. The molecule has 3 heterocycles. The molecule has 4 nitrogen and oxygen atoms in total. The third-order valence-electron chi connectivity index (χ3n) is 7.00. The van der Waals surface area contributed by atoms with Crippen molar-refractivity contribution in [3.63, 3.8) is 0 Å². The Kier molecular flexibility index (Phi) is 5.35. The van der Waals surface area contributed by atoms with Gasteiger partial charge in [-0.2, -0.15) is 13.2 Å². The Morgan fingerprint density at radius 2 is 1.81 bits per heavy atom. The number of alkyl halides is 3. The summed E-state index contributed by atoms with van der Waals surface area (Å²) in [6.45, 7) is 2.76. The van der Waals surface area contributed by atoms with E-state index < -0.39 is 6.30 Å². The van der Waals surface area contributed by atoms with Crippen LogP contribution in [0.15, 0.2) is 42.5 Å². The van der Waals surface area contributed by atoms with Crippen LogP contribution in [0.2, 0.25) is 0 Å². The second-order valence-corrected chi connectivity index (χ2v) is 8.82. The molecule has 1 saturated heterocycles. The van der Waals surface area contributed by atoms with Gasteiger partial charge in [0.25, 0.3) is 0 Å². The molecule has 3 aliphatic heterocycles. The first-order chi connectivity index (χ1) is 15.3. The Morgan fingerprint density at radius 3 is 2.56 bits per heavy atom.